The van der Waals surface area contributed by atoms with Crippen molar-refractivity contribution in [2.45, 2.75) is 17.6 Å². The molecule has 0 saturated carbocycles. The van der Waals surface area contributed by atoms with E-state index in [1.54, 1.807) is 0 Å². The van der Waals surface area contributed by atoms with Crippen molar-refractivity contribution in [1.82, 2.24) is 0 Å². The Labute approximate surface area is 139 Å². The lowest BCUT2D eigenvalue weighted by molar-refractivity contribution is -0.138. The van der Waals surface area contributed by atoms with E-state index < -0.39 is 16.7 Å². The third-order valence-corrected chi connectivity index (χ3v) is 5.06. The Bertz CT molecular complexity index is 616. The van der Waals surface area contributed by atoms with Crippen molar-refractivity contribution in [2.24, 2.45) is 0 Å². The van der Waals surface area contributed by atoms with Crippen molar-refractivity contribution in [3.63, 3.8) is 0 Å². The van der Waals surface area contributed by atoms with Gasteiger partial charge < -0.3 is 10.2 Å². The van der Waals surface area contributed by atoms with Crippen LogP contribution in [0.2, 0.25) is 0 Å². The molecule has 0 aliphatic carbocycles. The van der Waals surface area contributed by atoms with E-state index in [1.807, 2.05) is 60.7 Å². The van der Waals surface area contributed by atoms with Crippen LogP contribution in [-0.4, -0.2) is 27.9 Å². The Kier molecular flexibility index (Phi) is 5.82. The number of hydrogen-bond acceptors (Lipinski definition) is 3. The average Bonchev–Trinajstić information content (AvgIpc) is 2.55. The highest BCUT2D eigenvalue weighted by atomic mass is 32.2. The van der Waals surface area contributed by atoms with Gasteiger partial charge in [-0.1, -0.05) is 60.7 Å². The number of aliphatic carboxylic acids is 2. The second-order valence-electron chi connectivity index (χ2n) is 5.12. The smallest absolute Gasteiger partial charge is 0.305 e. The number of carboxylic acid groups (broad SMARTS) is 2. The van der Waals surface area contributed by atoms with Gasteiger partial charge in [-0.25, -0.2) is 0 Å². The van der Waals surface area contributed by atoms with Crippen molar-refractivity contribution in [1.29, 1.82) is 0 Å². The SMILES string of the molecule is O=C(O)CCSC(CC(=O)O)(c1ccccc1)c1ccccc1. The van der Waals surface area contributed by atoms with Gasteiger partial charge in [0.2, 0.25) is 0 Å². The molecule has 0 heterocycles. The summed E-state index contributed by atoms with van der Waals surface area (Å²) in [5, 5.41) is 18.4. The molecule has 2 N–H and O–H groups in total. The lowest BCUT2D eigenvalue weighted by Crippen LogP contribution is -2.28. The summed E-state index contributed by atoms with van der Waals surface area (Å²) >= 11 is 1.37. The molecule has 0 unspecified atom stereocenters. The molecule has 0 spiro atoms. The lowest BCUT2D eigenvalue weighted by atomic mass is 9.87. The second-order valence-corrected chi connectivity index (χ2v) is 6.52. The minimum Gasteiger partial charge on any atom is -0.481 e. The molecule has 0 bridgehead atoms. The quantitative estimate of drug-likeness (QED) is 0.773. The third kappa shape index (κ3) is 4.36. The Morgan fingerprint density at radius 1 is 0.826 bits per heavy atom. The molecular weight excluding hydrogens is 312 g/mol. The number of carboxylic acids is 2. The van der Waals surface area contributed by atoms with E-state index >= 15 is 0 Å². The molecule has 0 aromatic heterocycles. The molecule has 5 heteroatoms. The highest BCUT2D eigenvalue weighted by Gasteiger charge is 2.37. The minimum atomic E-state index is -0.916. The molecule has 23 heavy (non-hydrogen) atoms. The van der Waals surface area contributed by atoms with Crippen LogP contribution < -0.4 is 0 Å². The fourth-order valence-electron chi connectivity index (χ4n) is 2.53. The molecule has 0 saturated heterocycles. The van der Waals surface area contributed by atoms with E-state index in [4.69, 9.17) is 5.11 Å². The molecule has 0 atom stereocenters. The lowest BCUT2D eigenvalue weighted by Gasteiger charge is -2.33. The fourth-order valence-corrected chi connectivity index (χ4v) is 3.98. The maximum atomic E-state index is 11.5. The predicted octanol–water partition coefficient (Wildman–Crippen LogP) is 3.61. The topological polar surface area (TPSA) is 74.6 Å². The summed E-state index contributed by atoms with van der Waals surface area (Å²) in [5.74, 6) is -1.46. The largest absolute Gasteiger partial charge is 0.481 e. The first-order chi connectivity index (χ1) is 11.0. The maximum Gasteiger partial charge on any atom is 0.305 e. The molecule has 0 fully saturated rings. The average molecular weight is 330 g/mol. The second kappa shape index (κ2) is 7.83. The Hall–Kier alpha value is -2.27. The van der Waals surface area contributed by atoms with Crippen LogP contribution in [0.3, 0.4) is 0 Å². The van der Waals surface area contributed by atoms with Crippen LogP contribution in [0, 0.1) is 0 Å². The van der Waals surface area contributed by atoms with Gasteiger partial charge in [0.05, 0.1) is 17.6 Å². The summed E-state index contributed by atoms with van der Waals surface area (Å²) in [5.41, 5.74) is 1.73. The van der Waals surface area contributed by atoms with Gasteiger partial charge in [0.1, 0.15) is 0 Å². The molecule has 0 amide bonds. The van der Waals surface area contributed by atoms with E-state index in [0.717, 1.165) is 11.1 Å². The standard InChI is InChI=1S/C18H18O4S/c19-16(20)11-12-23-18(13-17(21)22,14-7-3-1-4-8-14)15-9-5-2-6-10-15/h1-10H,11-13H2,(H,19,20)(H,21,22). The monoisotopic (exact) mass is 330 g/mol. The Morgan fingerprint density at radius 2 is 1.30 bits per heavy atom. The van der Waals surface area contributed by atoms with Gasteiger partial charge in [0, 0.05) is 5.75 Å². The number of carbonyl (C=O) groups is 2. The molecular formula is C18H18O4S. The summed E-state index contributed by atoms with van der Waals surface area (Å²) in [6.45, 7) is 0. The van der Waals surface area contributed by atoms with Gasteiger partial charge in [-0.2, -0.15) is 0 Å². The first kappa shape index (κ1) is 17.1. The van der Waals surface area contributed by atoms with Crippen molar-refractivity contribution < 1.29 is 19.8 Å². The van der Waals surface area contributed by atoms with Crippen molar-refractivity contribution >= 4 is 23.7 Å². The van der Waals surface area contributed by atoms with Gasteiger partial charge in [-0.3, -0.25) is 9.59 Å². The molecule has 2 aromatic carbocycles. The highest BCUT2D eigenvalue weighted by molar-refractivity contribution is 8.00. The number of thioether (sulfide) groups is 1. The van der Waals surface area contributed by atoms with Crippen LogP contribution in [0.5, 0.6) is 0 Å². The summed E-state index contributed by atoms with van der Waals surface area (Å²) in [7, 11) is 0. The number of hydrogen-bond donors (Lipinski definition) is 2. The number of benzene rings is 2. The van der Waals surface area contributed by atoms with Gasteiger partial charge in [0.15, 0.2) is 0 Å². The van der Waals surface area contributed by atoms with Gasteiger partial charge in [0.25, 0.3) is 0 Å². The summed E-state index contributed by atoms with van der Waals surface area (Å²) in [6, 6.07) is 18.8. The summed E-state index contributed by atoms with van der Waals surface area (Å²) in [6.07, 6.45) is -0.114. The molecule has 0 radical (unpaired) electrons. The van der Waals surface area contributed by atoms with Crippen LogP contribution in [0.4, 0.5) is 0 Å². The van der Waals surface area contributed by atoms with E-state index in [9.17, 15) is 14.7 Å². The normalized spacial score (nSPS) is 11.1. The van der Waals surface area contributed by atoms with Crippen molar-refractivity contribution in [3.8, 4) is 0 Å². The number of rotatable bonds is 8. The summed E-state index contributed by atoms with van der Waals surface area (Å²) in [4.78, 5) is 22.4. The fraction of sp³-hybridized carbons (Fsp3) is 0.222. The maximum absolute atomic E-state index is 11.5. The Morgan fingerprint density at radius 3 is 1.70 bits per heavy atom. The van der Waals surface area contributed by atoms with Gasteiger partial charge in [-0.05, 0) is 11.1 Å². The third-order valence-electron chi connectivity index (χ3n) is 3.54. The molecule has 0 aliphatic heterocycles. The van der Waals surface area contributed by atoms with E-state index in [2.05, 4.69) is 0 Å². The molecule has 0 aliphatic rings. The summed E-state index contributed by atoms with van der Waals surface area (Å²) < 4.78 is -0.802. The van der Waals surface area contributed by atoms with Gasteiger partial charge >= 0.3 is 11.9 Å². The zero-order valence-corrected chi connectivity index (χ0v) is 13.3. The zero-order valence-electron chi connectivity index (χ0n) is 12.5. The van der Waals surface area contributed by atoms with Crippen LogP contribution >= 0.6 is 11.8 Å². The van der Waals surface area contributed by atoms with E-state index in [0.29, 0.717) is 5.75 Å². The van der Waals surface area contributed by atoms with Crippen molar-refractivity contribution in [3.05, 3.63) is 71.8 Å². The minimum absolute atomic E-state index is 0.00823. The highest BCUT2D eigenvalue weighted by Crippen LogP contribution is 2.46. The van der Waals surface area contributed by atoms with Crippen molar-refractivity contribution in [2.75, 3.05) is 5.75 Å². The van der Waals surface area contributed by atoms with Crippen LogP contribution in [0.25, 0.3) is 0 Å². The van der Waals surface area contributed by atoms with Gasteiger partial charge in [-0.15, -0.1) is 11.8 Å². The predicted molar refractivity (Wildman–Crippen MR) is 90.6 cm³/mol. The van der Waals surface area contributed by atoms with Crippen LogP contribution in [0.15, 0.2) is 60.7 Å². The molecule has 2 aromatic rings. The zero-order chi connectivity index (χ0) is 16.7. The van der Waals surface area contributed by atoms with Crippen LogP contribution in [0.1, 0.15) is 24.0 Å². The van der Waals surface area contributed by atoms with E-state index in [1.165, 1.54) is 11.8 Å². The van der Waals surface area contributed by atoms with Crippen LogP contribution in [-0.2, 0) is 14.3 Å². The van der Waals surface area contributed by atoms with E-state index in [-0.39, 0.29) is 12.8 Å². The molecule has 4 nitrogen and oxygen atoms in total. The first-order valence-corrected chi connectivity index (χ1v) is 8.22. The molecule has 2 rings (SSSR count). The molecule has 120 valence electrons. The Balaban J connectivity index is 2.49. The first-order valence-electron chi connectivity index (χ1n) is 7.23.